The van der Waals surface area contributed by atoms with Crippen molar-refractivity contribution in [3.8, 4) is 0 Å². The van der Waals surface area contributed by atoms with Gasteiger partial charge in [-0.1, -0.05) is 32.0 Å². The number of hydrogen-bond donors (Lipinski definition) is 1. The Morgan fingerprint density at radius 2 is 2.11 bits per heavy atom. The summed E-state index contributed by atoms with van der Waals surface area (Å²) in [4.78, 5) is 0. The maximum Gasteiger partial charge on any atom is 0.0870 e. The van der Waals surface area contributed by atoms with Gasteiger partial charge in [-0.2, -0.15) is 0 Å². The average molecular weight is 283 g/mol. The van der Waals surface area contributed by atoms with Crippen molar-refractivity contribution in [1.82, 2.24) is 4.72 Å². The summed E-state index contributed by atoms with van der Waals surface area (Å²) in [6.07, 6.45) is 4.61. The number of hydrogen-bond acceptors (Lipinski definition) is 2. The molecule has 0 amide bonds. The molecule has 2 nitrogen and oxygen atoms in total. The first kappa shape index (κ1) is 14.0. The highest BCUT2D eigenvalue weighted by Crippen LogP contribution is 2.25. The second kappa shape index (κ2) is 5.27. The molecule has 0 radical (unpaired) electrons. The Morgan fingerprint density at radius 1 is 1.39 bits per heavy atom. The SMILES string of the molecule is CC(C)c1ccc2c(c1)CCC(NS(C)(=O)=S)C2. The van der Waals surface area contributed by atoms with Gasteiger partial charge < -0.3 is 0 Å². The van der Waals surface area contributed by atoms with Gasteiger partial charge in [-0.05, 0) is 53.1 Å². The minimum absolute atomic E-state index is 0.261. The van der Waals surface area contributed by atoms with Crippen LogP contribution in [-0.4, -0.2) is 16.5 Å². The van der Waals surface area contributed by atoms with Gasteiger partial charge >= 0.3 is 0 Å². The summed E-state index contributed by atoms with van der Waals surface area (Å²) in [7, 11) is -2.26. The van der Waals surface area contributed by atoms with Crippen LogP contribution in [0.3, 0.4) is 0 Å². The maximum absolute atomic E-state index is 11.6. The largest absolute Gasteiger partial charge is 0.242 e. The van der Waals surface area contributed by atoms with Crippen molar-refractivity contribution in [1.29, 1.82) is 0 Å². The molecule has 1 aliphatic rings. The summed E-state index contributed by atoms with van der Waals surface area (Å²) in [6.45, 7) is 4.44. The van der Waals surface area contributed by atoms with Gasteiger partial charge in [0.05, 0.1) is 8.68 Å². The molecule has 0 saturated carbocycles. The fraction of sp³-hybridized carbons (Fsp3) is 0.571. The lowest BCUT2D eigenvalue weighted by atomic mass is 9.86. The van der Waals surface area contributed by atoms with Crippen molar-refractivity contribution in [3.05, 3.63) is 34.9 Å². The van der Waals surface area contributed by atoms with Crippen LogP contribution in [0.2, 0.25) is 0 Å². The van der Waals surface area contributed by atoms with Gasteiger partial charge in [0.1, 0.15) is 0 Å². The van der Waals surface area contributed by atoms with Gasteiger partial charge in [-0.15, -0.1) is 0 Å². The Labute approximate surface area is 115 Å². The second-order valence-corrected chi connectivity index (χ2v) is 9.20. The summed E-state index contributed by atoms with van der Waals surface area (Å²) < 4.78 is 14.7. The summed E-state index contributed by atoms with van der Waals surface area (Å²) in [5.74, 6) is 0.577. The standard InChI is InChI=1S/C14H21NOS2/c1-10(2)11-4-5-13-9-14(15-18(3,16)17)7-6-12(13)8-11/h4-5,8,10,14-15H,6-7,9H2,1-3H3. The molecule has 100 valence electrons. The van der Waals surface area contributed by atoms with Gasteiger partial charge in [0.2, 0.25) is 0 Å². The minimum Gasteiger partial charge on any atom is -0.242 e. The highest BCUT2D eigenvalue weighted by atomic mass is 32.8. The molecule has 1 aromatic carbocycles. The predicted octanol–water partition coefficient (Wildman–Crippen LogP) is 2.55. The van der Waals surface area contributed by atoms with Gasteiger partial charge in [0.15, 0.2) is 0 Å². The third kappa shape index (κ3) is 3.53. The molecule has 0 fully saturated rings. The summed E-state index contributed by atoms with van der Waals surface area (Å²) in [5, 5.41) is 0. The van der Waals surface area contributed by atoms with Crippen LogP contribution < -0.4 is 4.72 Å². The van der Waals surface area contributed by atoms with E-state index in [0.29, 0.717) is 5.92 Å². The van der Waals surface area contributed by atoms with Crippen molar-refractivity contribution in [2.24, 2.45) is 0 Å². The Balaban J connectivity index is 2.16. The maximum atomic E-state index is 11.6. The monoisotopic (exact) mass is 283 g/mol. The van der Waals surface area contributed by atoms with Crippen LogP contribution >= 0.6 is 0 Å². The van der Waals surface area contributed by atoms with Gasteiger partial charge in [-0.3, -0.25) is 0 Å². The van der Waals surface area contributed by atoms with E-state index in [-0.39, 0.29) is 6.04 Å². The number of benzene rings is 1. The lowest BCUT2D eigenvalue weighted by Crippen LogP contribution is -2.37. The summed E-state index contributed by atoms with van der Waals surface area (Å²) in [6, 6.07) is 7.02. The molecule has 0 spiro atoms. The zero-order valence-corrected chi connectivity index (χ0v) is 12.9. The Kier molecular flexibility index (Phi) is 4.09. The number of fused-ring (bicyclic) bond motifs is 1. The Morgan fingerprint density at radius 3 is 2.72 bits per heavy atom. The van der Waals surface area contributed by atoms with Crippen molar-refractivity contribution in [2.75, 3.05) is 6.26 Å². The van der Waals surface area contributed by atoms with Crippen LogP contribution in [0, 0.1) is 0 Å². The zero-order valence-electron chi connectivity index (χ0n) is 11.2. The molecule has 1 N–H and O–H groups in total. The van der Waals surface area contributed by atoms with Gasteiger partial charge in [0.25, 0.3) is 0 Å². The highest BCUT2D eigenvalue weighted by Gasteiger charge is 2.20. The van der Waals surface area contributed by atoms with Crippen molar-refractivity contribution >= 4 is 19.9 Å². The molecule has 2 rings (SSSR count). The third-order valence-corrected chi connectivity index (χ3v) is 4.56. The molecule has 0 aliphatic heterocycles. The third-order valence-electron chi connectivity index (χ3n) is 3.51. The quantitative estimate of drug-likeness (QED) is 0.923. The van der Waals surface area contributed by atoms with Crippen LogP contribution in [0.5, 0.6) is 0 Å². The molecular formula is C14H21NOS2. The summed E-state index contributed by atoms with van der Waals surface area (Å²) in [5.41, 5.74) is 4.23. The molecule has 1 aromatic rings. The number of nitrogens with one attached hydrogen (secondary N) is 1. The molecule has 18 heavy (non-hydrogen) atoms. The fourth-order valence-corrected chi connectivity index (χ4v) is 3.75. The first-order valence-corrected chi connectivity index (χ1v) is 9.33. The van der Waals surface area contributed by atoms with Crippen LogP contribution in [0.25, 0.3) is 0 Å². The fourth-order valence-electron chi connectivity index (χ4n) is 2.54. The molecule has 0 saturated heterocycles. The molecule has 2 atom stereocenters. The first-order chi connectivity index (χ1) is 8.35. The Hall–Kier alpha value is -0.450. The zero-order chi connectivity index (χ0) is 13.3. The molecule has 2 unspecified atom stereocenters. The van der Waals surface area contributed by atoms with E-state index in [2.05, 4.69) is 36.8 Å². The van der Waals surface area contributed by atoms with E-state index in [1.165, 1.54) is 16.7 Å². The second-order valence-electron chi connectivity index (χ2n) is 5.51. The van der Waals surface area contributed by atoms with E-state index < -0.39 is 8.68 Å². The first-order valence-electron chi connectivity index (χ1n) is 6.44. The molecule has 0 bridgehead atoms. The lowest BCUT2D eigenvalue weighted by Gasteiger charge is -2.26. The van der Waals surface area contributed by atoms with Crippen molar-refractivity contribution < 1.29 is 4.21 Å². The summed E-state index contributed by atoms with van der Waals surface area (Å²) >= 11 is 4.94. The van der Waals surface area contributed by atoms with Crippen LogP contribution in [0.1, 0.15) is 42.9 Å². The van der Waals surface area contributed by atoms with Crippen molar-refractivity contribution in [3.63, 3.8) is 0 Å². The van der Waals surface area contributed by atoms with Crippen LogP contribution in [0.15, 0.2) is 18.2 Å². The van der Waals surface area contributed by atoms with Gasteiger partial charge in [-0.25, -0.2) is 8.93 Å². The van der Waals surface area contributed by atoms with Crippen LogP contribution in [-0.2, 0) is 32.7 Å². The van der Waals surface area contributed by atoms with E-state index in [4.69, 9.17) is 11.2 Å². The minimum atomic E-state index is -2.26. The smallest absolute Gasteiger partial charge is 0.0870 e. The molecule has 0 aromatic heterocycles. The number of rotatable bonds is 3. The Bertz CT molecular complexity index is 535. The average Bonchev–Trinajstić information content (AvgIpc) is 2.26. The van der Waals surface area contributed by atoms with Crippen molar-refractivity contribution in [2.45, 2.75) is 45.1 Å². The van der Waals surface area contributed by atoms with E-state index in [1.807, 2.05) is 0 Å². The van der Waals surface area contributed by atoms with E-state index in [1.54, 1.807) is 6.26 Å². The topological polar surface area (TPSA) is 29.1 Å². The molecular weight excluding hydrogens is 262 g/mol. The van der Waals surface area contributed by atoms with Gasteiger partial charge in [0, 0.05) is 12.3 Å². The lowest BCUT2D eigenvalue weighted by molar-refractivity contribution is 0.533. The predicted molar refractivity (Wildman–Crippen MR) is 80.9 cm³/mol. The van der Waals surface area contributed by atoms with E-state index in [9.17, 15) is 4.21 Å². The van der Waals surface area contributed by atoms with E-state index in [0.717, 1.165) is 19.3 Å². The molecule has 4 heteroatoms. The molecule has 0 heterocycles. The van der Waals surface area contributed by atoms with E-state index >= 15 is 0 Å². The molecule has 1 aliphatic carbocycles. The highest BCUT2D eigenvalue weighted by molar-refractivity contribution is 8.31. The number of aryl methyl sites for hydroxylation is 1. The normalized spacial score (nSPS) is 22.6. The van der Waals surface area contributed by atoms with Crippen LogP contribution in [0.4, 0.5) is 0 Å².